The Morgan fingerprint density at radius 2 is 1.93 bits per heavy atom. The summed E-state index contributed by atoms with van der Waals surface area (Å²) < 4.78 is 0. The monoisotopic (exact) mass is 206 g/mol. The number of aliphatic hydroxyl groups is 1. The topological polar surface area (TPSA) is 20.2 Å². The summed E-state index contributed by atoms with van der Waals surface area (Å²) in [5, 5.41) is 9.39. The van der Waals surface area contributed by atoms with Crippen molar-refractivity contribution in [1.82, 2.24) is 0 Å². The van der Waals surface area contributed by atoms with E-state index in [1.807, 2.05) is 25.2 Å². The molecular weight excluding hydrogens is 184 g/mol. The molecule has 0 aromatic carbocycles. The first-order valence-corrected chi connectivity index (χ1v) is 5.53. The van der Waals surface area contributed by atoms with Crippen LogP contribution in [0.1, 0.15) is 39.5 Å². The predicted molar refractivity (Wildman–Crippen MR) is 67.9 cm³/mol. The molecule has 0 radical (unpaired) electrons. The van der Waals surface area contributed by atoms with Gasteiger partial charge in [-0.3, -0.25) is 0 Å². The number of hydrogen-bond acceptors (Lipinski definition) is 1. The molecule has 0 atom stereocenters. The van der Waals surface area contributed by atoms with Gasteiger partial charge in [-0.05, 0) is 19.4 Å². The van der Waals surface area contributed by atoms with Crippen LogP contribution >= 0.6 is 0 Å². The fourth-order valence-corrected chi connectivity index (χ4v) is 1.11. The maximum atomic E-state index is 9.39. The van der Waals surface area contributed by atoms with Gasteiger partial charge in [-0.1, -0.05) is 56.2 Å². The number of allylic oxidation sites excluding steroid dienone is 6. The van der Waals surface area contributed by atoms with Crippen molar-refractivity contribution in [2.45, 2.75) is 39.5 Å². The highest BCUT2D eigenvalue weighted by Gasteiger charge is 1.87. The van der Waals surface area contributed by atoms with E-state index in [4.69, 9.17) is 0 Å². The highest BCUT2D eigenvalue weighted by molar-refractivity contribution is 5.16. The van der Waals surface area contributed by atoms with Crippen molar-refractivity contribution in [3.63, 3.8) is 0 Å². The van der Waals surface area contributed by atoms with Gasteiger partial charge in [0.15, 0.2) is 0 Å². The van der Waals surface area contributed by atoms with Crippen LogP contribution in [-0.2, 0) is 0 Å². The Morgan fingerprint density at radius 3 is 2.53 bits per heavy atom. The van der Waals surface area contributed by atoms with Crippen LogP contribution in [0.2, 0.25) is 0 Å². The maximum absolute atomic E-state index is 9.39. The Bertz CT molecular complexity index is 257. The molecule has 0 unspecified atom stereocenters. The molecule has 1 N–H and O–H groups in total. The molecule has 0 saturated carbocycles. The largest absolute Gasteiger partial charge is 0.512 e. The van der Waals surface area contributed by atoms with Crippen molar-refractivity contribution in [3.05, 3.63) is 48.3 Å². The third-order valence-electron chi connectivity index (χ3n) is 1.85. The van der Waals surface area contributed by atoms with Gasteiger partial charge in [-0.15, -0.1) is 0 Å². The fourth-order valence-electron chi connectivity index (χ4n) is 1.11. The van der Waals surface area contributed by atoms with E-state index in [0.29, 0.717) is 12.2 Å². The zero-order chi connectivity index (χ0) is 11.5. The average Bonchev–Trinajstić information content (AvgIpc) is 2.15. The zero-order valence-corrected chi connectivity index (χ0v) is 9.87. The van der Waals surface area contributed by atoms with Crippen molar-refractivity contribution in [2.75, 3.05) is 0 Å². The normalized spacial score (nSPS) is 12.8. The summed E-state index contributed by atoms with van der Waals surface area (Å²) in [4.78, 5) is 0. The van der Waals surface area contributed by atoms with Crippen LogP contribution in [0.4, 0.5) is 0 Å². The standard InChI is InChI=1S/C14H22O/c1-4-5-6-7-8-9-10-11-14(15)12-13(2)3/h7-10,12,15H,2,4-6,11H2,1,3H3/b8-7+,10-9+,14-12+. The van der Waals surface area contributed by atoms with Gasteiger partial charge in [0.05, 0.1) is 5.76 Å². The minimum Gasteiger partial charge on any atom is -0.512 e. The Labute approximate surface area is 93.5 Å². The van der Waals surface area contributed by atoms with Gasteiger partial charge in [-0.2, -0.15) is 0 Å². The van der Waals surface area contributed by atoms with E-state index in [1.54, 1.807) is 6.08 Å². The smallest absolute Gasteiger partial charge is 0.0962 e. The Hall–Kier alpha value is -1.24. The van der Waals surface area contributed by atoms with Crippen LogP contribution in [0.15, 0.2) is 48.3 Å². The molecule has 15 heavy (non-hydrogen) atoms. The fraction of sp³-hybridized carbons (Fsp3) is 0.429. The molecule has 1 nitrogen and oxygen atoms in total. The Kier molecular flexibility index (Phi) is 8.55. The van der Waals surface area contributed by atoms with Crippen molar-refractivity contribution >= 4 is 0 Å². The minimum atomic E-state index is 0.362. The number of unbranched alkanes of at least 4 members (excludes halogenated alkanes) is 2. The van der Waals surface area contributed by atoms with Crippen molar-refractivity contribution in [2.24, 2.45) is 0 Å². The van der Waals surface area contributed by atoms with Crippen LogP contribution in [0.5, 0.6) is 0 Å². The molecule has 0 aliphatic carbocycles. The Balaban J connectivity index is 3.71. The van der Waals surface area contributed by atoms with Crippen molar-refractivity contribution in [1.29, 1.82) is 0 Å². The molecule has 0 heterocycles. The van der Waals surface area contributed by atoms with E-state index in [2.05, 4.69) is 19.6 Å². The van der Waals surface area contributed by atoms with Gasteiger partial charge in [-0.25, -0.2) is 0 Å². The SMILES string of the molecule is C=C(C)/C=C(/O)C/C=C/C=C/CCCC. The van der Waals surface area contributed by atoms with Gasteiger partial charge >= 0.3 is 0 Å². The summed E-state index contributed by atoms with van der Waals surface area (Å²) in [5.74, 6) is 0.362. The highest BCUT2D eigenvalue weighted by Crippen LogP contribution is 2.02. The molecule has 0 rings (SSSR count). The van der Waals surface area contributed by atoms with E-state index in [1.165, 1.54) is 12.8 Å². The van der Waals surface area contributed by atoms with Gasteiger partial charge < -0.3 is 5.11 Å². The van der Waals surface area contributed by atoms with Crippen LogP contribution < -0.4 is 0 Å². The van der Waals surface area contributed by atoms with Crippen molar-refractivity contribution < 1.29 is 5.11 Å². The number of aliphatic hydroxyl groups excluding tert-OH is 1. The van der Waals surface area contributed by atoms with Gasteiger partial charge in [0.25, 0.3) is 0 Å². The summed E-state index contributed by atoms with van der Waals surface area (Å²) in [6.45, 7) is 7.75. The highest BCUT2D eigenvalue weighted by atomic mass is 16.3. The Morgan fingerprint density at radius 1 is 1.27 bits per heavy atom. The van der Waals surface area contributed by atoms with Crippen LogP contribution in [0.25, 0.3) is 0 Å². The lowest BCUT2D eigenvalue weighted by Gasteiger charge is -1.93. The van der Waals surface area contributed by atoms with E-state index >= 15 is 0 Å². The summed E-state index contributed by atoms with van der Waals surface area (Å²) >= 11 is 0. The lowest BCUT2D eigenvalue weighted by Crippen LogP contribution is -1.78. The second kappa shape index (κ2) is 9.32. The molecule has 1 heteroatoms. The summed E-state index contributed by atoms with van der Waals surface area (Å²) in [6, 6.07) is 0. The molecular formula is C14H22O. The van der Waals surface area contributed by atoms with Gasteiger partial charge in [0.1, 0.15) is 0 Å². The molecule has 0 amide bonds. The third kappa shape index (κ3) is 10.7. The molecule has 0 saturated heterocycles. The maximum Gasteiger partial charge on any atom is 0.0962 e. The van der Waals surface area contributed by atoms with Gasteiger partial charge in [0.2, 0.25) is 0 Å². The summed E-state index contributed by atoms with van der Waals surface area (Å²) in [6.07, 6.45) is 14.0. The first kappa shape index (κ1) is 13.8. The van der Waals surface area contributed by atoms with Crippen LogP contribution in [-0.4, -0.2) is 5.11 Å². The molecule has 0 aliphatic heterocycles. The first-order valence-electron chi connectivity index (χ1n) is 5.53. The molecule has 0 aromatic heterocycles. The number of rotatable bonds is 7. The molecule has 0 fully saturated rings. The molecule has 0 spiro atoms. The second-order valence-electron chi connectivity index (χ2n) is 3.68. The predicted octanol–water partition coefficient (Wildman–Crippen LogP) is 4.70. The molecule has 0 bridgehead atoms. The zero-order valence-electron chi connectivity index (χ0n) is 9.87. The molecule has 0 aliphatic rings. The molecule has 0 aromatic rings. The average molecular weight is 206 g/mol. The second-order valence-corrected chi connectivity index (χ2v) is 3.68. The van der Waals surface area contributed by atoms with E-state index in [0.717, 1.165) is 12.0 Å². The van der Waals surface area contributed by atoms with Gasteiger partial charge in [0, 0.05) is 6.42 Å². The number of hydrogen-bond donors (Lipinski definition) is 1. The van der Waals surface area contributed by atoms with E-state index in [9.17, 15) is 5.11 Å². The van der Waals surface area contributed by atoms with E-state index < -0.39 is 0 Å². The third-order valence-corrected chi connectivity index (χ3v) is 1.85. The van der Waals surface area contributed by atoms with Crippen molar-refractivity contribution in [3.8, 4) is 0 Å². The van der Waals surface area contributed by atoms with E-state index in [-0.39, 0.29) is 0 Å². The minimum absolute atomic E-state index is 0.362. The first-order chi connectivity index (χ1) is 7.16. The van der Waals surface area contributed by atoms with Crippen LogP contribution in [0.3, 0.4) is 0 Å². The quantitative estimate of drug-likeness (QED) is 0.364. The van der Waals surface area contributed by atoms with Crippen LogP contribution in [0, 0.1) is 0 Å². The summed E-state index contributed by atoms with van der Waals surface area (Å²) in [7, 11) is 0. The lowest BCUT2D eigenvalue weighted by atomic mass is 10.2. The molecule has 84 valence electrons. The summed E-state index contributed by atoms with van der Waals surface area (Å²) in [5.41, 5.74) is 0.874. The lowest BCUT2D eigenvalue weighted by molar-refractivity contribution is 0.401.